The van der Waals surface area contributed by atoms with Gasteiger partial charge in [0.1, 0.15) is 6.61 Å². The molecule has 0 unspecified atom stereocenters. The zero-order chi connectivity index (χ0) is 4.12. The lowest BCUT2D eigenvalue weighted by Gasteiger charge is -1.76. The van der Waals surface area contributed by atoms with E-state index in [0.29, 0.717) is 0 Å². The largest absolute Gasteiger partial charge is 0.373 e. The first-order valence-corrected chi connectivity index (χ1v) is 1.27. The maximum Gasteiger partial charge on any atom is 0.123 e. The van der Waals surface area contributed by atoms with E-state index in [9.17, 15) is 0 Å². The molecule has 1 radical (unpaired) electrons. The van der Waals surface area contributed by atoms with Crippen LogP contribution in [0.15, 0.2) is 0 Å². The van der Waals surface area contributed by atoms with Crippen molar-refractivity contribution in [1.82, 2.24) is 0 Å². The van der Waals surface area contributed by atoms with E-state index < -0.39 is 0 Å². The molecule has 0 amide bonds. The fourth-order valence-electron chi connectivity index (χ4n) is 0.0680. The van der Waals surface area contributed by atoms with Crippen LogP contribution in [0.4, 0.5) is 0 Å². The molecule has 0 atom stereocenters. The van der Waals surface area contributed by atoms with E-state index in [1.807, 2.05) is 0 Å². The molecule has 0 aliphatic carbocycles. The molecule has 0 saturated heterocycles. The van der Waals surface area contributed by atoms with Crippen molar-refractivity contribution in [1.29, 1.82) is 5.41 Å². The van der Waals surface area contributed by atoms with Crippen LogP contribution < -0.4 is 0 Å². The Bertz CT molecular complexity index is 28.1. The molecule has 0 aliphatic heterocycles. The quantitative estimate of drug-likeness (QED) is 0.472. The second kappa shape index (κ2) is 3.63. The number of rotatable bonds is 2. The molecule has 2 heteroatoms. The van der Waals surface area contributed by atoms with Gasteiger partial charge in [0, 0.05) is 13.3 Å². The predicted molar refractivity (Wildman–Crippen MR) is 20.1 cm³/mol. The summed E-state index contributed by atoms with van der Waals surface area (Å²) >= 11 is 0. The summed E-state index contributed by atoms with van der Waals surface area (Å²) in [7, 11) is 1.50. The Hall–Kier alpha value is -0.370. The molecule has 0 aliphatic rings. The lowest BCUT2D eigenvalue weighted by Crippen LogP contribution is -1.74. The van der Waals surface area contributed by atoms with Crippen molar-refractivity contribution in [2.24, 2.45) is 0 Å². The Labute approximate surface area is 31.3 Å². The van der Waals surface area contributed by atoms with Gasteiger partial charge >= 0.3 is 0 Å². The smallest absolute Gasteiger partial charge is 0.123 e. The molecule has 0 saturated carbocycles. The summed E-state index contributed by atoms with van der Waals surface area (Å²) in [6, 6.07) is 0. The van der Waals surface area contributed by atoms with Gasteiger partial charge < -0.3 is 10.1 Å². The van der Waals surface area contributed by atoms with Crippen molar-refractivity contribution >= 4 is 6.21 Å². The fourth-order valence-corrected chi connectivity index (χ4v) is 0.0680. The van der Waals surface area contributed by atoms with Crippen LogP contribution in [-0.2, 0) is 4.74 Å². The molecule has 1 N–H and O–H groups in total. The van der Waals surface area contributed by atoms with Gasteiger partial charge in [0.05, 0.1) is 0 Å². The Morgan fingerprint density at radius 1 is 1.80 bits per heavy atom. The zero-order valence-electron chi connectivity index (χ0n) is 3.06. The third-order valence-electron chi connectivity index (χ3n) is 0.204. The van der Waals surface area contributed by atoms with E-state index in [0.717, 1.165) is 6.21 Å². The summed E-state index contributed by atoms with van der Waals surface area (Å²) in [4.78, 5) is 0. The summed E-state index contributed by atoms with van der Waals surface area (Å²) in [5.74, 6) is 0. The number of hydrogen-bond donors (Lipinski definition) is 1. The minimum absolute atomic E-state index is 1.08. The molecule has 29 valence electrons. The third-order valence-corrected chi connectivity index (χ3v) is 0.204. The normalized spacial score (nSPS) is 7.40. The first-order chi connectivity index (χ1) is 2.41. The Kier molecular flexibility index (Phi) is 3.36. The highest BCUT2D eigenvalue weighted by molar-refractivity contribution is 5.61. The van der Waals surface area contributed by atoms with Gasteiger partial charge in [0.2, 0.25) is 0 Å². The summed E-state index contributed by atoms with van der Waals surface area (Å²) in [5.41, 5.74) is 0. The van der Waals surface area contributed by atoms with Crippen LogP contribution in [0.1, 0.15) is 0 Å². The molecule has 2 nitrogen and oxygen atoms in total. The minimum atomic E-state index is 1.08. The van der Waals surface area contributed by atoms with Crippen LogP contribution in [0.25, 0.3) is 0 Å². The minimum Gasteiger partial charge on any atom is -0.373 e. The van der Waals surface area contributed by atoms with Crippen molar-refractivity contribution in [2.45, 2.75) is 0 Å². The van der Waals surface area contributed by atoms with E-state index in [4.69, 9.17) is 5.41 Å². The van der Waals surface area contributed by atoms with Gasteiger partial charge in [-0.15, -0.1) is 0 Å². The monoisotopic (exact) mass is 72.0 g/mol. The third kappa shape index (κ3) is 3.63. The highest BCUT2D eigenvalue weighted by Gasteiger charge is 1.62. The van der Waals surface area contributed by atoms with Crippen LogP contribution >= 0.6 is 0 Å². The summed E-state index contributed by atoms with van der Waals surface area (Å²) < 4.78 is 4.32. The van der Waals surface area contributed by atoms with Crippen LogP contribution in [0.5, 0.6) is 0 Å². The maximum absolute atomic E-state index is 6.30. The SMILES string of the molecule is CO[CH]C=N. The molecule has 0 bridgehead atoms. The first-order valence-electron chi connectivity index (χ1n) is 1.27. The van der Waals surface area contributed by atoms with Crippen LogP contribution in [0.2, 0.25) is 0 Å². The second-order valence-corrected chi connectivity index (χ2v) is 0.538. The van der Waals surface area contributed by atoms with Gasteiger partial charge in [0.25, 0.3) is 0 Å². The number of methoxy groups -OCH3 is 1. The summed E-state index contributed by atoms with van der Waals surface area (Å²) in [5, 5.41) is 6.30. The zero-order valence-corrected chi connectivity index (χ0v) is 3.06. The fraction of sp³-hybridized carbons (Fsp3) is 0.333. The molecule has 5 heavy (non-hydrogen) atoms. The van der Waals surface area contributed by atoms with E-state index in [1.165, 1.54) is 13.7 Å². The Morgan fingerprint density at radius 2 is 2.40 bits per heavy atom. The van der Waals surface area contributed by atoms with Crippen molar-refractivity contribution in [2.75, 3.05) is 7.11 Å². The van der Waals surface area contributed by atoms with Crippen LogP contribution in [0.3, 0.4) is 0 Å². The number of hydrogen-bond acceptors (Lipinski definition) is 2. The van der Waals surface area contributed by atoms with E-state index >= 15 is 0 Å². The maximum atomic E-state index is 6.30. The second-order valence-electron chi connectivity index (χ2n) is 0.538. The number of ether oxygens (including phenoxy) is 1. The van der Waals surface area contributed by atoms with Gasteiger partial charge in [0.15, 0.2) is 0 Å². The van der Waals surface area contributed by atoms with Gasteiger partial charge in [-0.05, 0) is 0 Å². The molecular weight excluding hydrogens is 66.0 g/mol. The average molecular weight is 72.1 g/mol. The molecular formula is C3H6NO. The number of nitrogens with one attached hydrogen (secondary N) is 1. The van der Waals surface area contributed by atoms with E-state index in [-0.39, 0.29) is 0 Å². The standard InChI is InChI=1S/C3H6NO/c1-5-3-2-4/h2-4H,1H3. The van der Waals surface area contributed by atoms with Gasteiger partial charge in [-0.25, -0.2) is 0 Å². The highest BCUT2D eigenvalue weighted by Crippen LogP contribution is 1.61. The molecule has 0 fully saturated rings. The lowest BCUT2D eigenvalue weighted by atomic mass is 10.8. The van der Waals surface area contributed by atoms with Crippen molar-refractivity contribution in [3.63, 3.8) is 0 Å². The molecule has 0 spiro atoms. The van der Waals surface area contributed by atoms with Crippen LogP contribution in [-0.4, -0.2) is 13.3 Å². The Morgan fingerprint density at radius 3 is 2.40 bits per heavy atom. The molecule has 0 aromatic rings. The lowest BCUT2D eigenvalue weighted by molar-refractivity contribution is 0.307. The highest BCUT2D eigenvalue weighted by atomic mass is 16.5. The molecule has 0 aromatic carbocycles. The Balaban J connectivity index is 2.40. The average Bonchev–Trinajstić information content (AvgIpc) is 1.41. The summed E-state index contributed by atoms with van der Waals surface area (Å²) in [6.45, 7) is 1.29. The topological polar surface area (TPSA) is 33.1 Å². The predicted octanol–water partition coefficient (Wildman–Crippen LogP) is 0.444. The van der Waals surface area contributed by atoms with Crippen molar-refractivity contribution in [3.05, 3.63) is 6.61 Å². The molecule has 0 heterocycles. The van der Waals surface area contributed by atoms with Gasteiger partial charge in [-0.3, -0.25) is 0 Å². The van der Waals surface area contributed by atoms with E-state index in [2.05, 4.69) is 4.74 Å². The molecule has 0 rings (SSSR count). The molecule has 0 aromatic heterocycles. The van der Waals surface area contributed by atoms with Crippen molar-refractivity contribution < 1.29 is 4.74 Å². The first kappa shape index (κ1) is 4.63. The van der Waals surface area contributed by atoms with Crippen LogP contribution in [0, 0.1) is 12.0 Å². The van der Waals surface area contributed by atoms with Gasteiger partial charge in [-0.2, -0.15) is 0 Å². The van der Waals surface area contributed by atoms with E-state index in [1.54, 1.807) is 0 Å². The summed E-state index contributed by atoms with van der Waals surface area (Å²) in [6.07, 6.45) is 1.08. The van der Waals surface area contributed by atoms with Gasteiger partial charge in [-0.1, -0.05) is 0 Å². The van der Waals surface area contributed by atoms with Crippen molar-refractivity contribution in [3.8, 4) is 0 Å².